The van der Waals surface area contributed by atoms with Crippen molar-refractivity contribution in [3.63, 3.8) is 0 Å². The molecule has 0 saturated carbocycles. The minimum Gasteiger partial charge on any atom is -0.336 e. The van der Waals surface area contributed by atoms with Gasteiger partial charge in [0.15, 0.2) is 0 Å². The minimum atomic E-state index is 0.169. The summed E-state index contributed by atoms with van der Waals surface area (Å²) in [4.78, 5) is 17.0. The molecule has 1 atom stereocenters. The van der Waals surface area contributed by atoms with Crippen molar-refractivity contribution in [2.45, 2.75) is 20.8 Å². The van der Waals surface area contributed by atoms with E-state index in [2.05, 4.69) is 24.8 Å². The van der Waals surface area contributed by atoms with Gasteiger partial charge in [0.2, 0.25) is 0 Å². The topological polar surface area (TPSA) is 49.6 Å². The number of carbonyl (C=O) groups is 1. The van der Waals surface area contributed by atoms with Gasteiger partial charge in [0.1, 0.15) is 0 Å². The number of nitrogens with zero attached hydrogens (tertiary/aromatic N) is 2. The molecule has 1 aromatic rings. The molecule has 1 aliphatic heterocycles. The number of rotatable bonds is 4. The highest BCUT2D eigenvalue weighted by molar-refractivity contribution is 5.96. The summed E-state index contributed by atoms with van der Waals surface area (Å²) in [5, 5.41) is 0. The van der Waals surface area contributed by atoms with Gasteiger partial charge in [-0.05, 0) is 43.5 Å². The third-order valence-electron chi connectivity index (χ3n) is 4.47. The Hall–Kier alpha value is -1.39. The highest BCUT2D eigenvalue weighted by Gasteiger charge is 2.23. The SMILES string of the molecule is Cc1cccc(C(=O)N2CCN(CC(C)CN)CC2)c1C. The standard InChI is InChI=1S/C17H27N3O/c1-13(11-18)12-19-7-9-20(10-8-19)17(21)16-6-4-5-14(2)15(16)3/h4-6,13H,7-12,18H2,1-3H3. The first-order valence-electron chi connectivity index (χ1n) is 7.80. The number of hydrogen-bond acceptors (Lipinski definition) is 3. The molecule has 1 heterocycles. The van der Waals surface area contributed by atoms with Crippen molar-refractivity contribution in [2.75, 3.05) is 39.3 Å². The van der Waals surface area contributed by atoms with Crippen molar-refractivity contribution in [3.05, 3.63) is 34.9 Å². The van der Waals surface area contributed by atoms with Gasteiger partial charge in [-0.3, -0.25) is 9.69 Å². The zero-order chi connectivity index (χ0) is 15.4. The van der Waals surface area contributed by atoms with Crippen LogP contribution in [0.1, 0.15) is 28.4 Å². The largest absolute Gasteiger partial charge is 0.336 e. The molecule has 0 spiro atoms. The summed E-state index contributed by atoms with van der Waals surface area (Å²) in [7, 11) is 0. The van der Waals surface area contributed by atoms with Gasteiger partial charge in [0, 0.05) is 38.3 Å². The Bertz CT molecular complexity index is 493. The normalized spacial score (nSPS) is 17.8. The Balaban J connectivity index is 1.96. The zero-order valence-corrected chi connectivity index (χ0v) is 13.4. The lowest BCUT2D eigenvalue weighted by molar-refractivity contribution is 0.0621. The van der Waals surface area contributed by atoms with Crippen molar-refractivity contribution in [2.24, 2.45) is 11.7 Å². The van der Waals surface area contributed by atoms with Gasteiger partial charge in [0.05, 0.1) is 0 Å². The molecule has 2 N–H and O–H groups in total. The molecule has 0 radical (unpaired) electrons. The Kier molecular flexibility index (Phi) is 5.37. The van der Waals surface area contributed by atoms with E-state index >= 15 is 0 Å². The summed E-state index contributed by atoms with van der Waals surface area (Å²) in [6, 6.07) is 5.96. The lowest BCUT2D eigenvalue weighted by atomic mass is 10.0. The second-order valence-corrected chi connectivity index (χ2v) is 6.18. The first-order valence-corrected chi connectivity index (χ1v) is 7.80. The fourth-order valence-corrected chi connectivity index (χ4v) is 2.80. The van der Waals surface area contributed by atoms with Crippen LogP contribution >= 0.6 is 0 Å². The molecule has 1 amide bonds. The van der Waals surface area contributed by atoms with E-state index in [0.717, 1.165) is 50.4 Å². The van der Waals surface area contributed by atoms with Crippen LogP contribution in [0.2, 0.25) is 0 Å². The van der Waals surface area contributed by atoms with Crippen molar-refractivity contribution in [3.8, 4) is 0 Å². The molecule has 1 unspecified atom stereocenters. The first-order chi connectivity index (χ1) is 10.0. The maximum Gasteiger partial charge on any atom is 0.254 e. The molecule has 0 bridgehead atoms. The molecular formula is C17H27N3O. The summed E-state index contributed by atoms with van der Waals surface area (Å²) >= 11 is 0. The number of aryl methyl sites for hydroxylation is 1. The van der Waals surface area contributed by atoms with E-state index in [9.17, 15) is 4.79 Å². The van der Waals surface area contributed by atoms with Crippen LogP contribution in [0.25, 0.3) is 0 Å². The van der Waals surface area contributed by atoms with E-state index < -0.39 is 0 Å². The average molecular weight is 289 g/mol. The Morgan fingerprint density at radius 2 is 1.90 bits per heavy atom. The fraction of sp³-hybridized carbons (Fsp3) is 0.588. The maximum absolute atomic E-state index is 12.6. The van der Waals surface area contributed by atoms with Crippen LogP contribution < -0.4 is 5.73 Å². The van der Waals surface area contributed by atoms with Gasteiger partial charge in [0.25, 0.3) is 5.91 Å². The Labute approximate surface area is 127 Å². The molecule has 1 fully saturated rings. The van der Waals surface area contributed by atoms with E-state index in [4.69, 9.17) is 5.73 Å². The zero-order valence-electron chi connectivity index (χ0n) is 13.4. The molecule has 2 rings (SSSR count). The Morgan fingerprint density at radius 3 is 2.52 bits per heavy atom. The van der Waals surface area contributed by atoms with Gasteiger partial charge in [-0.15, -0.1) is 0 Å². The quantitative estimate of drug-likeness (QED) is 0.917. The van der Waals surface area contributed by atoms with Crippen LogP contribution in [0.5, 0.6) is 0 Å². The second-order valence-electron chi connectivity index (χ2n) is 6.18. The highest BCUT2D eigenvalue weighted by atomic mass is 16.2. The molecule has 0 aliphatic carbocycles. The summed E-state index contributed by atoms with van der Waals surface area (Å²) in [5.74, 6) is 0.689. The van der Waals surface area contributed by atoms with Crippen molar-refractivity contribution in [1.29, 1.82) is 0 Å². The minimum absolute atomic E-state index is 0.169. The average Bonchev–Trinajstić information content (AvgIpc) is 2.50. The summed E-state index contributed by atoms with van der Waals surface area (Å²) in [6.07, 6.45) is 0. The number of carbonyl (C=O) groups excluding carboxylic acids is 1. The smallest absolute Gasteiger partial charge is 0.254 e. The van der Waals surface area contributed by atoms with E-state index in [-0.39, 0.29) is 5.91 Å². The third-order valence-corrected chi connectivity index (χ3v) is 4.47. The number of hydrogen-bond donors (Lipinski definition) is 1. The molecule has 116 valence electrons. The van der Waals surface area contributed by atoms with Gasteiger partial charge in [-0.25, -0.2) is 0 Å². The molecule has 21 heavy (non-hydrogen) atoms. The van der Waals surface area contributed by atoms with Crippen LogP contribution in [-0.4, -0.2) is 55.0 Å². The third kappa shape index (κ3) is 3.83. The van der Waals surface area contributed by atoms with Gasteiger partial charge >= 0.3 is 0 Å². The first kappa shape index (κ1) is 16.0. The van der Waals surface area contributed by atoms with E-state index in [1.54, 1.807) is 0 Å². The summed E-state index contributed by atoms with van der Waals surface area (Å²) < 4.78 is 0. The van der Waals surface area contributed by atoms with Crippen molar-refractivity contribution < 1.29 is 4.79 Å². The molecule has 1 saturated heterocycles. The molecule has 4 nitrogen and oxygen atoms in total. The van der Waals surface area contributed by atoms with Crippen LogP contribution in [-0.2, 0) is 0 Å². The van der Waals surface area contributed by atoms with Crippen molar-refractivity contribution in [1.82, 2.24) is 9.80 Å². The van der Waals surface area contributed by atoms with Crippen LogP contribution in [0, 0.1) is 19.8 Å². The van der Waals surface area contributed by atoms with Gasteiger partial charge in [-0.2, -0.15) is 0 Å². The van der Waals surface area contributed by atoms with E-state index in [0.29, 0.717) is 5.92 Å². The Morgan fingerprint density at radius 1 is 1.24 bits per heavy atom. The van der Waals surface area contributed by atoms with Crippen molar-refractivity contribution >= 4 is 5.91 Å². The lowest BCUT2D eigenvalue weighted by Crippen LogP contribution is -2.50. The van der Waals surface area contributed by atoms with Crippen LogP contribution in [0.3, 0.4) is 0 Å². The van der Waals surface area contributed by atoms with Gasteiger partial charge < -0.3 is 10.6 Å². The molecule has 4 heteroatoms. The molecule has 1 aliphatic rings. The van der Waals surface area contributed by atoms with E-state index in [1.165, 1.54) is 5.56 Å². The molecular weight excluding hydrogens is 262 g/mol. The predicted octanol–water partition coefficient (Wildman–Crippen LogP) is 1.66. The molecule has 1 aromatic carbocycles. The van der Waals surface area contributed by atoms with E-state index in [1.807, 2.05) is 24.0 Å². The summed E-state index contributed by atoms with van der Waals surface area (Å²) in [5.41, 5.74) is 8.80. The van der Waals surface area contributed by atoms with Crippen LogP contribution in [0.4, 0.5) is 0 Å². The number of amides is 1. The number of piperazine rings is 1. The maximum atomic E-state index is 12.6. The second kappa shape index (κ2) is 7.05. The summed E-state index contributed by atoms with van der Waals surface area (Å²) in [6.45, 7) is 11.5. The monoisotopic (exact) mass is 289 g/mol. The lowest BCUT2D eigenvalue weighted by Gasteiger charge is -2.36. The highest BCUT2D eigenvalue weighted by Crippen LogP contribution is 2.16. The number of benzene rings is 1. The van der Waals surface area contributed by atoms with Gasteiger partial charge in [-0.1, -0.05) is 19.1 Å². The molecule has 0 aromatic heterocycles. The predicted molar refractivity (Wildman–Crippen MR) is 86.5 cm³/mol. The number of nitrogens with two attached hydrogens (primary N) is 1. The van der Waals surface area contributed by atoms with Crippen LogP contribution in [0.15, 0.2) is 18.2 Å². The fourth-order valence-electron chi connectivity index (χ4n) is 2.80.